The Morgan fingerprint density at radius 2 is 1.56 bits per heavy atom. The second-order valence-corrected chi connectivity index (χ2v) is 5.64. The molecular weight excluding hydrogens is 357 g/mol. The molecule has 0 aliphatic rings. The lowest BCUT2D eigenvalue weighted by Gasteiger charge is -2.14. The van der Waals surface area contributed by atoms with Crippen LogP contribution in [0.25, 0.3) is 0 Å². The number of alkyl halides is 3. The third-order valence-corrected chi connectivity index (χ3v) is 3.65. The molecule has 1 aromatic heterocycles. The fraction of sp³-hybridized carbons (Fsp3) is 0.100. The number of hydrogen-bond acceptors (Lipinski definition) is 3. The van der Waals surface area contributed by atoms with Crippen molar-refractivity contribution in [3.8, 4) is 5.88 Å². The number of nitrogens with zero attached hydrogens (tertiary/aromatic N) is 1. The van der Waals surface area contributed by atoms with Crippen LogP contribution in [0, 0.1) is 0 Å². The molecule has 0 atom stereocenters. The van der Waals surface area contributed by atoms with Crippen LogP contribution < -0.4 is 10.1 Å². The third-order valence-electron chi connectivity index (χ3n) is 3.65. The molecule has 7 heteroatoms. The smallest absolute Gasteiger partial charge is 0.433 e. The zero-order chi connectivity index (χ0) is 19.3. The van der Waals surface area contributed by atoms with E-state index in [0.29, 0.717) is 5.56 Å². The quantitative estimate of drug-likeness (QED) is 0.691. The summed E-state index contributed by atoms with van der Waals surface area (Å²) in [5, 5.41) is 2.55. The fourth-order valence-electron chi connectivity index (χ4n) is 2.31. The Balaban J connectivity index is 1.86. The average molecular weight is 372 g/mol. The molecule has 0 aliphatic carbocycles. The van der Waals surface area contributed by atoms with Gasteiger partial charge >= 0.3 is 6.18 Å². The van der Waals surface area contributed by atoms with E-state index in [2.05, 4.69) is 10.3 Å². The molecule has 3 aromatic rings. The first-order valence-corrected chi connectivity index (χ1v) is 8.05. The summed E-state index contributed by atoms with van der Waals surface area (Å²) >= 11 is 0. The highest BCUT2D eigenvalue weighted by atomic mass is 19.4. The first-order valence-electron chi connectivity index (χ1n) is 8.05. The van der Waals surface area contributed by atoms with Gasteiger partial charge in [-0.25, -0.2) is 4.98 Å². The van der Waals surface area contributed by atoms with E-state index >= 15 is 0 Å². The Morgan fingerprint density at radius 3 is 2.19 bits per heavy atom. The molecule has 0 saturated carbocycles. The average Bonchev–Trinajstić information content (AvgIpc) is 2.68. The maximum Gasteiger partial charge on any atom is 0.433 e. The summed E-state index contributed by atoms with van der Waals surface area (Å²) in [6.45, 7) is 0.0172. The Bertz CT molecular complexity index is 914. The molecule has 0 unspecified atom stereocenters. The van der Waals surface area contributed by atoms with Crippen molar-refractivity contribution in [1.82, 2.24) is 4.98 Å². The van der Waals surface area contributed by atoms with E-state index < -0.39 is 17.8 Å². The summed E-state index contributed by atoms with van der Waals surface area (Å²) in [7, 11) is 0. The Labute approximate surface area is 153 Å². The largest absolute Gasteiger partial charge is 0.471 e. The van der Waals surface area contributed by atoms with Gasteiger partial charge in [0.1, 0.15) is 18.0 Å². The van der Waals surface area contributed by atoms with Gasteiger partial charge in [0.25, 0.3) is 5.91 Å². The Kier molecular flexibility index (Phi) is 5.40. The van der Waals surface area contributed by atoms with Crippen molar-refractivity contribution in [2.75, 3.05) is 5.32 Å². The van der Waals surface area contributed by atoms with E-state index in [1.807, 2.05) is 6.07 Å². The van der Waals surface area contributed by atoms with E-state index in [9.17, 15) is 18.0 Å². The highest BCUT2D eigenvalue weighted by Gasteiger charge is 2.33. The first kappa shape index (κ1) is 18.4. The number of pyridine rings is 1. The molecule has 1 amide bonds. The number of rotatable bonds is 5. The summed E-state index contributed by atoms with van der Waals surface area (Å²) in [6.07, 6.45) is -4.62. The molecule has 2 aromatic carbocycles. The molecule has 0 bridgehead atoms. The van der Waals surface area contributed by atoms with Gasteiger partial charge in [-0.15, -0.1) is 0 Å². The van der Waals surface area contributed by atoms with Crippen LogP contribution in [0.2, 0.25) is 0 Å². The number of halogens is 3. The molecule has 27 heavy (non-hydrogen) atoms. The zero-order valence-electron chi connectivity index (χ0n) is 14.0. The molecule has 1 heterocycles. The van der Waals surface area contributed by atoms with Gasteiger partial charge < -0.3 is 10.1 Å². The Hall–Kier alpha value is -3.35. The van der Waals surface area contributed by atoms with Gasteiger partial charge in [-0.3, -0.25) is 4.79 Å². The number of benzene rings is 2. The van der Waals surface area contributed by atoms with Crippen LogP contribution in [-0.2, 0) is 12.8 Å². The zero-order valence-corrected chi connectivity index (χ0v) is 14.0. The highest BCUT2D eigenvalue weighted by molar-refractivity contribution is 6.04. The number of amides is 1. The van der Waals surface area contributed by atoms with Crippen LogP contribution in [0.1, 0.15) is 21.6 Å². The lowest BCUT2D eigenvalue weighted by Crippen LogP contribution is -2.15. The van der Waals surface area contributed by atoms with E-state index in [-0.39, 0.29) is 18.2 Å². The lowest BCUT2D eigenvalue weighted by molar-refractivity contribution is -0.141. The third kappa shape index (κ3) is 4.84. The summed E-state index contributed by atoms with van der Waals surface area (Å²) in [5.41, 5.74) is 0.0968. The monoisotopic (exact) mass is 372 g/mol. The molecular formula is C20H15F3N2O2. The second kappa shape index (κ2) is 7.90. The van der Waals surface area contributed by atoms with Crippen LogP contribution in [0.5, 0.6) is 5.88 Å². The van der Waals surface area contributed by atoms with Gasteiger partial charge in [-0.05, 0) is 29.8 Å². The predicted octanol–water partition coefficient (Wildman–Crippen LogP) is 4.93. The number of carbonyl (C=O) groups is 1. The van der Waals surface area contributed by atoms with E-state index in [1.165, 1.54) is 0 Å². The minimum atomic E-state index is -4.62. The summed E-state index contributed by atoms with van der Waals surface area (Å²) in [4.78, 5) is 15.8. The molecule has 0 spiro atoms. The van der Waals surface area contributed by atoms with Gasteiger partial charge in [0, 0.05) is 5.56 Å². The van der Waals surface area contributed by atoms with Crippen LogP contribution in [0.4, 0.5) is 18.9 Å². The molecule has 138 valence electrons. The predicted molar refractivity (Wildman–Crippen MR) is 94.4 cm³/mol. The number of carbonyl (C=O) groups excluding carboxylic acids is 1. The van der Waals surface area contributed by atoms with Gasteiger partial charge in [0.2, 0.25) is 5.88 Å². The molecule has 0 saturated heterocycles. The van der Waals surface area contributed by atoms with Gasteiger partial charge in [0.15, 0.2) is 0 Å². The minimum absolute atomic E-state index is 0.0172. The van der Waals surface area contributed by atoms with Crippen LogP contribution in [0.15, 0.2) is 72.8 Å². The van der Waals surface area contributed by atoms with E-state index in [4.69, 9.17) is 4.74 Å². The van der Waals surface area contributed by atoms with E-state index in [0.717, 1.165) is 17.7 Å². The number of aromatic nitrogens is 1. The van der Waals surface area contributed by atoms with Gasteiger partial charge in [0.05, 0.1) is 0 Å². The molecule has 0 fully saturated rings. The van der Waals surface area contributed by atoms with Crippen molar-refractivity contribution in [3.05, 3.63) is 89.6 Å². The lowest BCUT2D eigenvalue weighted by atomic mass is 10.2. The maximum absolute atomic E-state index is 13.0. The number of nitrogens with one attached hydrogen (secondary N) is 1. The summed E-state index contributed by atoms with van der Waals surface area (Å²) < 4.78 is 44.4. The summed E-state index contributed by atoms with van der Waals surface area (Å²) in [5.74, 6) is -0.764. The van der Waals surface area contributed by atoms with Crippen molar-refractivity contribution in [1.29, 1.82) is 0 Å². The van der Waals surface area contributed by atoms with E-state index in [1.54, 1.807) is 54.6 Å². The molecule has 3 rings (SSSR count). The molecule has 4 nitrogen and oxygen atoms in total. The van der Waals surface area contributed by atoms with Gasteiger partial charge in [-0.2, -0.15) is 13.2 Å². The van der Waals surface area contributed by atoms with Crippen LogP contribution >= 0.6 is 0 Å². The highest BCUT2D eigenvalue weighted by Crippen LogP contribution is 2.32. The number of anilines is 1. The molecule has 1 N–H and O–H groups in total. The maximum atomic E-state index is 13.0. The van der Waals surface area contributed by atoms with Crippen LogP contribution in [0.3, 0.4) is 0 Å². The summed E-state index contributed by atoms with van der Waals surface area (Å²) in [6, 6.07) is 19.2. The Morgan fingerprint density at radius 1 is 0.926 bits per heavy atom. The van der Waals surface area contributed by atoms with Crippen molar-refractivity contribution in [3.63, 3.8) is 0 Å². The van der Waals surface area contributed by atoms with Crippen LogP contribution in [-0.4, -0.2) is 10.9 Å². The molecule has 0 aliphatic heterocycles. The number of ether oxygens (including phenoxy) is 1. The van der Waals surface area contributed by atoms with Gasteiger partial charge in [-0.1, -0.05) is 48.5 Å². The second-order valence-electron chi connectivity index (χ2n) is 5.64. The molecule has 0 radical (unpaired) electrons. The van der Waals surface area contributed by atoms with Crippen molar-refractivity contribution in [2.45, 2.75) is 12.8 Å². The first-order chi connectivity index (χ1) is 12.9. The topological polar surface area (TPSA) is 51.2 Å². The fourth-order valence-corrected chi connectivity index (χ4v) is 2.31. The van der Waals surface area contributed by atoms with Crippen molar-refractivity contribution in [2.24, 2.45) is 0 Å². The van der Waals surface area contributed by atoms with Crippen molar-refractivity contribution < 1.29 is 22.7 Å². The standard InChI is InChI=1S/C20H15F3N2O2/c21-20(22,23)17-12-11-16(24-18(26)15-9-5-2-6-10-15)19(25-17)27-13-14-7-3-1-4-8-14/h1-12H,13H2,(H,24,26). The SMILES string of the molecule is O=C(Nc1ccc(C(F)(F)F)nc1OCc1ccccc1)c1ccccc1. The number of hydrogen-bond donors (Lipinski definition) is 1. The van der Waals surface area contributed by atoms with Crippen molar-refractivity contribution >= 4 is 11.6 Å². The normalized spacial score (nSPS) is 11.1. The minimum Gasteiger partial charge on any atom is -0.471 e.